The second-order valence-electron chi connectivity index (χ2n) is 8.44. The summed E-state index contributed by atoms with van der Waals surface area (Å²) >= 11 is 1.70. The van der Waals surface area contributed by atoms with Gasteiger partial charge in [-0.05, 0) is 42.2 Å². The lowest BCUT2D eigenvalue weighted by Crippen LogP contribution is -2.38. The first kappa shape index (κ1) is 19.1. The van der Waals surface area contributed by atoms with E-state index in [9.17, 15) is 9.90 Å². The van der Waals surface area contributed by atoms with Crippen LogP contribution in [-0.2, 0) is 12.8 Å². The minimum atomic E-state index is -0.474. The molecule has 150 valence electrons. The number of para-hydroxylation sites is 1. The smallest absolute Gasteiger partial charge is 0.256 e. The van der Waals surface area contributed by atoms with Crippen molar-refractivity contribution in [1.82, 2.24) is 5.32 Å². The molecule has 2 atom stereocenters. The van der Waals surface area contributed by atoms with Gasteiger partial charge in [0.05, 0.1) is 12.7 Å². The van der Waals surface area contributed by atoms with E-state index in [1.54, 1.807) is 23.5 Å². The molecule has 0 saturated carbocycles. The van der Waals surface area contributed by atoms with Gasteiger partial charge in [-0.1, -0.05) is 39.3 Å². The molecule has 4 rings (SSSR count). The number of carbonyl (C=O) groups excluding carboxylic acids is 1. The standard InChI is InChI=1S/C22H28N2O3S/c1-5-22(2,3)12-9-10-13-16(11-12)28-21-17(13)20(26)23-19(24-21)14-7-6-8-15(27-4)18(14)25/h6-8,12,19,24-25H,5,9-11H2,1-4H3,(H,23,26)/t12-,19+/m0/s1. The summed E-state index contributed by atoms with van der Waals surface area (Å²) in [5.41, 5.74) is 2.93. The highest BCUT2D eigenvalue weighted by molar-refractivity contribution is 7.16. The fourth-order valence-electron chi connectivity index (χ4n) is 4.35. The number of nitrogens with one attached hydrogen (secondary N) is 2. The fraction of sp³-hybridized carbons (Fsp3) is 0.500. The Morgan fingerprint density at radius 3 is 2.82 bits per heavy atom. The number of methoxy groups -OCH3 is 1. The SMILES string of the molecule is CCC(C)(C)[C@H]1CCc2c(sc3c2C(=O)N[C@@H](c2cccc(OC)c2O)N3)C1. The second kappa shape index (κ2) is 6.99. The maximum Gasteiger partial charge on any atom is 0.256 e. The van der Waals surface area contributed by atoms with Crippen LogP contribution >= 0.6 is 11.3 Å². The molecule has 0 saturated heterocycles. The molecule has 0 radical (unpaired) electrons. The average Bonchev–Trinajstić information content (AvgIpc) is 3.06. The number of amides is 1. The molecule has 0 unspecified atom stereocenters. The zero-order chi connectivity index (χ0) is 20.1. The number of rotatable bonds is 4. The van der Waals surface area contributed by atoms with Gasteiger partial charge in [-0.2, -0.15) is 0 Å². The molecular weight excluding hydrogens is 372 g/mol. The van der Waals surface area contributed by atoms with Crippen molar-refractivity contribution >= 4 is 22.2 Å². The number of benzene rings is 1. The molecule has 2 aromatic rings. The molecule has 1 aromatic heterocycles. The van der Waals surface area contributed by atoms with Gasteiger partial charge in [0.25, 0.3) is 5.91 Å². The molecule has 2 heterocycles. The summed E-state index contributed by atoms with van der Waals surface area (Å²) in [6, 6.07) is 5.32. The van der Waals surface area contributed by atoms with E-state index in [2.05, 4.69) is 31.4 Å². The third-order valence-electron chi connectivity index (χ3n) is 6.62. The molecule has 3 N–H and O–H groups in total. The normalized spacial score (nSPS) is 21.4. The molecule has 2 aliphatic rings. The fourth-order valence-corrected chi connectivity index (χ4v) is 5.70. The maximum atomic E-state index is 12.9. The molecule has 1 amide bonds. The van der Waals surface area contributed by atoms with E-state index in [1.807, 2.05) is 6.07 Å². The molecule has 0 spiro atoms. The largest absolute Gasteiger partial charge is 0.504 e. The first-order valence-corrected chi connectivity index (χ1v) is 10.7. The van der Waals surface area contributed by atoms with Crippen molar-refractivity contribution in [3.05, 3.63) is 39.8 Å². The lowest BCUT2D eigenvalue weighted by Gasteiger charge is -2.36. The van der Waals surface area contributed by atoms with Crippen molar-refractivity contribution < 1.29 is 14.6 Å². The highest BCUT2D eigenvalue weighted by atomic mass is 32.1. The van der Waals surface area contributed by atoms with Gasteiger partial charge in [-0.15, -0.1) is 11.3 Å². The average molecular weight is 401 g/mol. The summed E-state index contributed by atoms with van der Waals surface area (Å²) in [6.07, 6.45) is 3.81. The molecule has 0 bridgehead atoms. The van der Waals surface area contributed by atoms with Crippen LogP contribution in [0.2, 0.25) is 0 Å². The van der Waals surface area contributed by atoms with E-state index >= 15 is 0 Å². The first-order valence-electron chi connectivity index (χ1n) is 9.93. The Kier molecular flexibility index (Phi) is 4.78. The van der Waals surface area contributed by atoms with Crippen LogP contribution in [-0.4, -0.2) is 18.1 Å². The summed E-state index contributed by atoms with van der Waals surface area (Å²) in [5.74, 6) is 1.03. The van der Waals surface area contributed by atoms with Crippen molar-refractivity contribution in [2.45, 2.75) is 52.6 Å². The number of aromatic hydroxyl groups is 1. The molecule has 6 heteroatoms. The Bertz CT molecular complexity index is 919. The zero-order valence-corrected chi connectivity index (χ0v) is 17.7. The predicted molar refractivity (Wildman–Crippen MR) is 112 cm³/mol. The molecule has 28 heavy (non-hydrogen) atoms. The molecule has 1 aromatic carbocycles. The van der Waals surface area contributed by atoms with Gasteiger partial charge < -0.3 is 20.5 Å². The van der Waals surface area contributed by atoms with Crippen LogP contribution < -0.4 is 15.4 Å². The summed E-state index contributed by atoms with van der Waals surface area (Å²) in [4.78, 5) is 14.3. The quantitative estimate of drug-likeness (QED) is 0.686. The van der Waals surface area contributed by atoms with Crippen molar-refractivity contribution in [1.29, 1.82) is 0 Å². The van der Waals surface area contributed by atoms with E-state index in [0.29, 0.717) is 22.6 Å². The van der Waals surface area contributed by atoms with Crippen LogP contribution in [0.25, 0.3) is 0 Å². The zero-order valence-electron chi connectivity index (χ0n) is 16.9. The van der Waals surface area contributed by atoms with Gasteiger partial charge >= 0.3 is 0 Å². The lowest BCUT2D eigenvalue weighted by atomic mass is 9.69. The van der Waals surface area contributed by atoms with Gasteiger partial charge in [0.2, 0.25) is 0 Å². The molecule has 5 nitrogen and oxygen atoms in total. The Labute approximate surface area is 170 Å². The summed E-state index contributed by atoms with van der Waals surface area (Å²) in [6.45, 7) is 6.96. The lowest BCUT2D eigenvalue weighted by molar-refractivity contribution is 0.0934. The van der Waals surface area contributed by atoms with Crippen LogP contribution in [0.5, 0.6) is 11.5 Å². The second-order valence-corrected chi connectivity index (χ2v) is 9.54. The molecule has 0 fully saturated rings. The third kappa shape index (κ3) is 3.04. The maximum absolute atomic E-state index is 12.9. The minimum absolute atomic E-state index is 0.0531. The number of fused-ring (bicyclic) bond motifs is 3. The molecule has 1 aliphatic heterocycles. The van der Waals surface area contributed by atoms with Gasteiger partial charge in [-0.25, -0.2) is 0 Å². The van der Waals surface area contributed by atoms with Gasteiger partial charge in [-0.3, -0.25) is 4.79 Å². The third-order valence-corrected chi connectivity index (χ3v) is 7.81. The Hall–Kier alpha value is -2.21. The van der Waals surface area contributed by atoms with E-state index in [0.717, 1.165) is 36.2 Å². The Balaban J connectivity index is 1.65. The number of hydrogen-bond acceptors (Lipinski definition) is 5. The molecule has 1 aliphatic carbocycles. The highest BCUT2D eigenvalue weighted by Crippen LogP contribution is 2.47. The van der Waals surface area contributed by atoms with E-state index < -0.39 is 6.17 Å². The number of carbonyl (C=O) groups is 1. The Morgan fingerprint density at radius 1 is 1.32 bits per heavy atom. The minimum Gasteiger partial charge on any atom is -0.504 e. The van der Waals surface area contributed by atoms with Crippen LogP contribution in [0.4, 0.5) is 5.00 Å². The Morgan fingerprint density at radius 2 is 2.11 bits per heavy atom. The van der Waals surface area contributed by atoms with Crippen molar-refractivity contribution in [3.8, 4) is 11.5 Å². The van der Waals surface area contributed by atoms with Crippen LogP contribution in [0, 0.1) is 11.3 Å². The number of hydrogen-bond donors (Lipinski definition) is 3. The molecular formula is C22H28N2O3S. The summed E-state index contributed by atoms with van der Waals surface area (Å²) in [5, 5.41) is 17.8. The van der Waals surface area contributed by atoms with Crippen LogP contribution in [0.3, 0.4) is 0 Å². The number of thiophene rings is 1. The number of phenols is 1. The highest BCUT2D eigenvalue weighted by Gasteiger charge is 2.37. The van der Waals surface area contributed by atoms with Gasteiger partial charge in [0.1, 0.15) is 11.2 Å². The van der Waals surface area contributed by atoms with Crippen molar-refractivity contribution in [3.63, 3.8) is 0 Å². The first-order chi connectivity index (χ1) is 13.4. The number of ether oxygens (including phenoxy) is 1. The predicted octanol–water partition coefficient (Wildman–Crippen LogP) is 4.86. The summed E-state index contributed by atoms with van der Waals surface area (Å²) in [7, 11) is 1.52. The van der Waals surface area contributed by atoms with Crippen molar-refractivity contribution in [2.24, 2.45) is 11.3 Å². The van der Waals surface area contributed by atoms with E-state index in [4.69, 9.17) is 4.74 Å². The number of phenolic OH excluding ortho intramolecular Hbond substituents is 1. The van der Waals surface area contributed by atoms with Crippen LogP contribution in [0.1, 0.15) is 66.1 Å². The monoisotopic (exact) mass is 400 g/mol. The van der Waals surface area contributed by atoms with Crippen molar-refractivity contribution in [2.75, 3.05) is 12.4 Å². The number of anilines is 1. The topological polar surface area (TPSA) is 70.6 Å². The summed E-state index contributed by atoms with van der Waals surface area (Å²) < 4.78 is 5.21. The van der Waals surface area contributed by atoms with Gasteiger partial charge in [0.15, 0.2) is 11.5 Å². The van der Waals surface area contributed by atoms with E-state index in [1.165, 1.54) is 17.6 Å². The van der Waals surface area contributed by atoms with Gasteiger partial charge in [0, 0.05) is 10.4 Å². The van der Waals surface area contributed by atoms with Crippen LogP contribution in [0.15, 0.2) is 18.2 Å². The van der Waals surface area contributed by atoms with E-state index in [-0.39, 0.29) is 11.7 Å².